The van der Waals surface area contributed by atoms with Gasteiger partial charge in [-0.2, -0.15) is 0 Å². The van der Waals surface area contributed by atoms with E-state index in [9.17, 15) is 4.79 Å². The first-order valence-electron chi connectivity index (χ1n) is 7.08. The molecule has 0 amide bonds. The zero-order chi connectivity index (χ0) is 15.3. The number of methoxy groups -OCH3 is 1. The minimum absolute atomic E-state index is 0.0217. The number of nitrogens with zero attached hydrogens (tertiary/aromatic N) is 2. The Balaban J connectivity index is 2.91. The molecule has 0 radical (unpaired) electrons. The Kier molecular flexibility index (Phi) is 5.74. The van der Waals surface area contributed by atoms with E-state index in [2.05, 4.69) is 44.9 Å². The van der Waals surface area contributed by atoms with Gasteiger partial charge in [0.1, 0.15) is 6.04 Å². The maximum Gasteiger partial charge on any atom is 0.328 e. The number of hydrogen-bond acceptors (Lipinski definition) is 4. The summed E-state index contributed by atoms with van der Waals surface area (Å²) in [5.74, 6) is 0.193. The largest absolute Gasteiger partial charge is 0.467 e. The van der Waals surface area contributed by atoms with E-state index in [0.717, 1.165) is 12.1 Å². The van der Waals surface area contributed by atoms with Crippen molar-refractivity contribution in [3.05, 3.63) is 18.2 Å². The fourth-order valence-electron chi connectivity index (χ4n) is 2.01. The van der Waals surface area contributed by atoms with Gasteiger partial charge < -0.3 is 14.6 Å². The Morgan fingerprint density at radius 1 is 1.45 bits per heavy atom. The summed E-state index contributed by atoms with van der Waals surface area (Å²) in [6.45, 7) is 11.2. The molecule has 0 aliphatic rings. The smallest absolute Gasteiger partial charge is 0.328 e. The van der Waals surface area contributed by atoms with Crippen LogP contribution in [0.5, 0.6) is 0 Å². The molecular formula is C15H27N3O2. The van der Waals surface area contributed by atoms with Crippen LogP contribution >= 0.6 is 0 Å². The second-order valence-corrected chi connectivity index (χ2v) is 6.56. The highest BCUT2D eigenvalue weighted by atomic mass is 16.5. The van der Waals surface area contributed by atoms with Gasteiger partial charge in [-0.15, -0.1) is 0 Å². The third kappa shape index (κ3) is 4.96. The highest BCUT2D eigenvalue weighted by molar-refractivity contribution is 5.74. The van der Waals surface area contributed by atoms with Crippen LogP contribution in [-0.2, 0) is 16.1 Å². The number of ether oxygens (including phenoxy) is 1. The minimum atomic E-state index is -0.306. The number of imidazole rings is 1. The highest BCUT2D eigenvalue weighted by Crippen LogP contribution is 2.21. The lowest BCUT2D eigenvalue weighted by atomic mass is 10.0. The summed E-state index contributed by atoms with van der Waals surface area (Å²) < 4.78 is 6.85. The van der Waals surface area contributed by atoms with Crippen LogP contribution in [-0.4, -0.2) is 28.2 Å². The van der Waals surface area contributed by atoms with Gasteiger partial charge in [-0.1, -0.05) is 13.8 Å². The van der Waals surface area contributed by atoms with Crippen molar-refractivity contribution in [3.63, 3.8) is 0 Å². The van der Waals surface area contributed by atoms with Crippen molar-refractivity contribution >= 4 is 5.97 Å². The maximum atomic E-state index is 12.0. The number of esters is 1. The Labute approximate surface area is 121 Å². The van der Waals surface area contributed by atoms with Gasteiger partial charge in [0.05, 0.1) is 19.1 Å². The lowest BCUT2D eigenvalue weighted by Gasteiger charge is -2.24. The lowest BCUT2D eigenvalue weighted by molar-refractivity contribution is -0.145. The van der Waals surface area contributed by atoms with E-state index in [1.54, 1.807) is 12.5 Å². The normalized spacial score (nSPS) is 13.6. The summed E-state index contributed by atoms with van der Waals surface area (Å²) in [6, 6.07) is -0.306. The van der Waals surface area contributed by atoms with Gasteiger partial charge in [0.15, 0.2) is 0 Å². The van der Waals surface area contributed by atoms with E-state index in [1.807, 2.05) is 4.57 Å². The molecule has 5 heteroatoms. The molecule has 0 spiro atoms. The fourth-order valence-corrected chi connectivity index (χ4v) is 2.01. The van der Waals surface area contributed by atoms with Gasteiger partial charge in [-0.3, -0.25) is 0 Å². The van der Waals surface area contributed by atoms with Crippen LogP contribution in [0.15, 0.2) is 12.5 Å². The summed E-state index contributed by atoms with van der Waals surface area (Å²) in [5, 5.41) is 3.42. The van der Waals surface area contributed by atoms with E-state index in [-0.39, 0.29) is 17.6 Å². The molecule has 1 rings (SSSR count). The van der Waals surface area contributed by atoms with Crippen LogP contribution in [0.2, 0.25) is 0 Å². The highest BCUT2D eigenvalue weighted by Gasteiger charge is 2.24. The summed E-state index contributed by atoms with van der Waals surface area (Å²) in [5.41, 5.74) is 1.02. The third-order valence-electron chi connectivity index (χ3n) is 3.05. The molecule has 1 aromatic heterocycles. The van der Waals surface area contributed by atoms with E-state index in [4.69, 9.17) is 4.74 Å². The topological polar surface area (TPSA) is 56.2 Å². The van der Waals surface area contributed by atoms with Gasteiger partial charge in [-0.25, -0.2) is 9.78 Å². The summed E-state index contributed by atoms with van der Waals surface area (Å²) in [6.07, 6.45) is 4.25. The zero-order valence-electron chi connectivity index (χ0n) is 13.4. The zero-order valence-corrected chi connectivity index (χ0v) is 13.4. The van der Waals surface area contributed by atoms with E-state index in [0.29, 0.717) is 12.5 Å². The molecule has 114 valence electrons. The van der Waals surface area contributed by atoms with Gasteiger partial charge in [0.25, 0.3) is 0 Å². The van der Waals surface area contributed by atoms with Crippen LogP contribution in [0.4, 0.5) is 0 Å². The molecule has 0 bridgehead atoms. The molecule has 0 saturated carbocycles. The van der Waals surface area contributed by atoms with Crippen molar-refractivity contribution < 1.29 is 9.53 Å². The van der Waals surface area contributed by atoms with Crippen LogP contribution in [0.1, 0.15) is 52.8 Å². The summed E-state index contributed by atoms with van der Waals surface area (Å²) >= 11 is 0. The van der Waals surface area contributed by atoms with Crippen molar-refractivity contribution in [1.82, 2.24) is 14.9 Å². The number of carbonyl (C=O) groups is 1. The standard InChI is InChI=1S/C15H27N3O2/c1-11(2)7-13(14(19)20-6)18-10-16-8-12(18)9-17-15(3,4)5/h8,10-11,13,17H,7,9H2,1-6H3. The number of hydrogen-bond donors (Lipinski definition) is 1. The average Bonchev–Trinajstić information content (AvgIpc) is 2.79. The minimum Gasteiger partial charge on any atom is -0.467 e. The van der Waals surface area contributed by atoms with Gasteiger partial charge in [0.2, 0.25) is 0 Å². The van der Waals surface area contributed by atoms with Crippen LogP contribution in [0, 0.1) is 5.92 Å². The first-order chi connectivity index (χ1) is 9.24. The fraction of sp³-hybridized carbons (Fsp3) is 0.733. The van der Waals surface area contributed by atoms with Crippen molar-refractivity contribution in [2.24, 2.45) is 5.92 Å². The molecular weight excluding hydrogens is 254 g/mol. The molecule has 1 aromatic rings. The Morgan fingerprint density at radius 3 is 2.60 bits per heavy atom. The lowest BCUT2D eigenvalue weighted by Crippen LogP contribution is -2.36. The van der Waals surface area contributed by atoms with Crippen LogP contribution < -0.4 is 5.32 Å². The molecule has 0 saturated heterocycles. The second kappa shape index (κ2) is 6.88. The molecule has 1 N–H and O–H groups in total. The monoisotopic (exact) mass is 281 g/mol. The van der Waals surface area contributed by atoms with Crippen molar-refractivity contribution in [3.8, 4) is 0 Å². The number of aromatic nitrogens is 2. The maximum absolute atomic E-state index is 12.0. The van der Waals surface area contributed by atoms with Crippen LogP contribution in [0.25, 0.3) is 0 Å². The molecule has 20 heavy (non-hydrogen) atoms. The van der Waals surface area contributed by atoms with Crippen molar-refractivity contribution in [2.75, 3.05) is 7.11 Å². The van der Waals surface area contributed by atoms with E-state index in [1.165, 1.54) is 7.11 Å². The van der Waals surface area contributed by atoms with Gasteiger partial charge >= 0.3 is 5.97 Å². The summed E-state index contributed by atoms with van der Waals surface area (Å²) in [4.78, 5) is 16.2. The molecule has 1 atom stereocenters. The molecule has 1 heterocycles. The van der Waals surface area contributed by atoms with Crippen LogP contribution in [0.3, 0.4) is 0 Å². The molecule has 0 aliphatic heterocycles. The Morgan fingerprint density at radius 2 is 2.10 bits per heavy atom. The number of rotatable bonds is 6. The van der Waals surface area contributed by atoms with Crippen molar-refractivity contribution in [2.45, 2.75) is 59.2 Å². The average molecular weight is 281 g/mol. The number of nitrogens with one attached hydrogen (secondary N) is 1. The van der Waals surface area contributed by atoms with E-state index >= 15 is 0 Å². The molecule has 0 aliphatic carbocycles. The first-order valence-corrected chi connectivity index (χ1v) is 7.08. The van der Waals surface area contributed by atoms with Gasteiger partial charge in [-0.05, 0) is 33.1 Å². The molecule has 5 nitrogen and oxygen atoms in total. The predicted octanol–water partition coefficient (Wildman–Crippen LogP) is 2.53. The second-order valence-electron chi connectivity index (χ2n) is 6.56. The Bertz CT molecular complexity index is 433. The third-order valence-corrected chi connectivity index (χ3v) is 3.05. The van der Waals surface area contributed by atoms with E-state index < -0.39 is 0 Å². The quantitative estimate of drug-likeness (QED) is 0.814. The SMILES string of the molecule is COC(=O)C(CC(C)C)n1cncc1CNC(C)(C)C. The molecule has 0 fully saturated rings. The van der Waals surface area contributed by atoms with Gasteiger partial charge in [0, 0.05) is 18.3 Å². The predicted molar refractivity (Wildman–Crippen MR) is 79.3 cm³/mol. The molecule has 1 unspecified atom stereocenters. The molecule has 0 aromatic carbocycles. The first kappa shape index (κ1) is 16.7. The summed E-state index contributed by atoms with van der Waals surface area (Å²) in [7, 11) is 1.43. The Hall–Kier alpha value is -1.36. The number of carbonyl (C=O) groups excluding carboxylic acids is 1. The van der Waals surface area contributed by atoms with Crippen molar-refractivity contribution in [1.29, 1.82) is 0 Å².